The van der Waals surface area contributed by atoms with Crippen LogP contribution in [0, 0.1) is 0 Å². The molecule has 0 aromatic rings. The van der Waals surface area contributed by atoms with Gasteiger partial charge in [0.05, 0.1) is 45.2 Å². The quantitative estimate of drug-likeness (QED) is 0.0423. The number of hydrogen-bond acceptors (Lipinski definition) is 25. The SMILES string of the molecule is CCCCCCCCO[C@@H]1O[C@H](CO[C@H]2O[C@H](CO)[C@@H](O)[C@H](O)[C@@H]2O[C@@H]2O[C@H](CO)[C@@H](O)[C@H](O)[C@H]2NC(C)=O)C[C@H](O[C@H]2O[C@H](CO)[C@@H](O)[C@H](O)[C@@H]2O[C@@H]2O[C@H](CO)[C@@H](O)[C@H](O)[C@H]2NC(C)=O)[C@@H]1O. The van der Waals surface area contributed by atoms with E-state index < -0.39 is 192 Å². The van der Waals surface area contributed by atoms with Crippen molar-refractivity contribution >= 4 is 11.8 Å². The molecule has 0 unspecified atom stereocenters. The molecule has 402 valence electrons. The van der Waals surface area contributed by atoms with E-state index in [0.29, 0.717) is 6.42 Å². The van der Waals surface area contributed by atoms with Crippen LogP contribution in [-0.2, 0) is 57.0 Å². The minimum atomic E-state index is -1.94. The van der Waals surface area contributed by atoms with Gasteiger partial charge in [0.1, 0.15) is 104 Å². The number of aliphatic hydroxyl groups is 13. The van der Waals surface area contributed by atoms with Crippen molar-refractivity contribution in [3.05, 3.63) is 0 Å². The van der Waals surface area contributed by atoms with Crippen molar-refractivity contribution < 1.29 is 123 Å². The van der Waals surface area contributed by atoms with Crippen LogP contribution in [0.3, 0.4) is 0 Å². The molecule has 0 aromatic heterocycles. The highest BCUT2D eigenvalue weighted by atomic mass is 16.8. The van der Waals surface area contributed by atoms with E-state index in [9.17, 15) is 76.0 Å². The largest absolute Gasteiger partial charge is 0.394 e. The third-order valence-electron chi connectivity index (χ3n) is 12.7. The zero-order chi connectivity index (χ0) is 50.7. The average Bonchev–Trinajstić information content (AvgIpc) is 3.32. The first-order valence-corrected chi connectivity index (χ1v) is 23.5. The summed E-state index contributed by atoms with van der Waals surface area (Å²) in [7, 11) is 0. The first-order valence-electron chi connectivity index (χ1n) is 23.5. The topological polar surface area (TPSA) is 413 Å². The highest BCUT2D eigenvalue weighted by Crippen LogP contribution is 2.35. The minimum absolute atomic E-state index is 0.108. The molecule has 0 bridgehead atoms. The summed E-state index contributed by atoms with van der Waals surface area (Å²) in [6.45, 7) is 0.634. The zero-order valence-electron chi connectivity index (χ0n) is 38.8. The van der Waals surface area contributed by atoms with Gasteiger partial charge in [0.25, 0.3) is 0 Å². The molecule has 24 atom stereocenters. The molecule has 0 saturated carbocycles. The summed E-state index contributed by atoms with van der Waals surface area (Å²) >= 11 is 0. The summed E-state index contributed by atoms with van der Waals surface area (Å²) < 4.78 is 59.6. The Balaban J connectivity index is 1.40. The van der Waals surface area contributed by atoms with Crippen molar-refractivity contribution in [2.75, 3.05) is 39.6 Å². The molecule has 0 aromatic carbocycles. The number of carbonyl (C=O) groups is 2. The number of rotatable bonds is 23. The lowest BCUT2D eigenvalue weighted by molar-refractivity contribution is -0.377. The number of unbranched alkanes of at least 4 members (excludes halogenated alkanes) is 5. The smallest absolute Gasteiger partial charge is 0.217 e. The van der Waals surface area contributed by atoms with Gasteiger partial charge < -0.3 is 124 Å². The minimum Gasteiger partial charge on any atom is -0.394 e. The number of ether oxygens (including phenoxy) is 10. The average molecular weight is 1010 g/mol. The normalized spacial score (nSPS) is 44.1. The first kappa shape index (κ1) is 57.9. The fourth-order valence-corrected chi connectivity index (χ4v) is 8.87. The van der Waals surface area contributed by atoms with Gasteiger partial charge in [-0.2, -0.15) is 0 Å². The highest BCUT2D eigenvalue weighted by molar-refractivity contribution is 5.73. The van der Waals surface area contributed by atoms with Crippen LogP contribution in [0.1, 0.15) is 65.7 Å². The van der Waals surface area contributed by atoms with Crippen molar-refractivity contribution in [1.82, 2.24) is 10.6 Å². The second-order valence-corrected chi connectivity index (χ2v) is 18.0. The van der Waals surface area contributed by atoms with Crippen LogP contribution in [0.5, 0.6) is 0 Å². The Kier molecular flexibility index (Phi) is 23.0. The lowest BCUT2D eigenvalue weighted by Gasteiger charge is -2.48. The standard InChI is InChI=1S/C42H74N2O25/c1-4-5-6-7-8-9-10-60-40-31(55)20(63-42-37(35(59)30(54)24(15-48)67-42)69-39-26(44-18(3)50)33(57)28(52)22(13-46)65-39)11-19(62-40)16-61-41-36(34(58)29(53)23(14-47)66-41)68-38-25(43-17(2)49)32(56)27(51)21(12-45)64-38/h19-42,45-48,51-59H,4-16H2,1-3H3,(H,43,49)(H,44,50)/t19-,20-,21+,22+,23+,24+,25+,26+,27+,28+,29+,30+,31-,32+,33+,34-,35-,36-,37-,38-,39-,40+,41-,42-/m0/s1. The predicted molar refractivity (Wildman–Crippen MR) is 225 cm³/mol. The summed E-state index contributed by atoms with van der Waals surface area (Å²) in [6.07, 6.45) is -31.1. The Bertz CT molecular complexity index is 1540. The molecule has 0 radical (unpaired) electrons. The Labute approximate surface area is 398 Å². The predicted octanol–water partition coefficient (Wildman–Crippen LogP) is -7.22. The van der Waals surface area contributed by atoms with Crippen molar-refractivity contribution in [2.45, 2.75) is 213 Å². The van der Waals surface area contributed by atoms with Crippen LogP contribution in [0.15, 0.2) is 0 Å². The maximum atomic E-state index is 12.2. The summed E-state index contributed by atoms with van der Waals surface area (Å²) in [5, 5.41) is 144. The molecule has 5 rings (SSSR count). The van der Waals surface area contributed by atoms with E-state index >= 15 is 0 Å². The first-order chi connectivity index (χ1) is 32.9. The molecule has 5 saturated heterocycles. The van der Waals surface area contributed by atoms with Gasteiger partial charge >= 0.3 is 0 Å². The Morgan fingerprint density at radius 3 is 1.36 bits per heavy atom. The van der Waals surface area contributed by atoms with Gasteiger partial charge in [0.2, 0.25) is 11.8 Å². The second-order valence-electron chi connectivity index (χ2n) is 18.0. The van der Waals surface area contributed by atoms with Crippen LogP contribution >= 0.6 is 0 Å². The number of aliphatic hydroxyl groups excluding tert-OH is 13. The molecule has 5 aliphatic rings. The molecule has 5 aliphatic heterocycles. The molecule has 0 aliphatic carbocycles. The maximum Gasteiger partial charge on any atom is 0.217 e. The molecule has 0 spiro atoms. The number of nitrogens with one attached hydrogen (secondary N) is 2. The van der Waals surface area contributed by atoms with E-state index in [1.54, 1.807) is 0 Å². The third kappa shape index (κ3) is 14.6. The van der Waals surface area contributed by atoms with Gasteiger partial charge in [-0.1, -0.05) is 39.0 Å². The van der Waals surface area contributed by atoms with Crippen molar-refractivity contribution in [3.63, 3.8) is 0 Å². The van der Waals surface area contributed by atoms with Gasteiger partial charge in [0, 0.05) is 26.9 Å². The fourth-order valence-electron chi connectivity index (χ4n) is 8.87. The van der Waals surface area contributed by atoms with E-state index in [2.05, 4.69) is 17.6 Å². The lowest BCUT2D eigenvalue weighted by atomic mass is 9.95. The van der Waals surface area contributed by atoms with E-state index in [1.165, 1.54) is 0 Å². The molecular formula is C42H74N2O25. The van der Waals surface area contributed by atoms with Crippen LogP contribution in [0.4, 0.5) is 0 Å². The maximum absolute atomic E-state index is 12.2. The summed E-state index contributed by atoms with van der Waals surface area (Å²) in [5.74, 6) is -1.37. The van der Waals surface area contributed by atoms with E-state index in [-0.39, 0.29) is 13.0 Å². The van der Waals surface area contributed by atoms with Crippen LogP contribution in [0.2, 0.25) is 0 Å². The zero-order valence-corrected chi connectivity index (χ0v) is 38.8. The Hall–Kier alpha value is -1.98. The van der Waals surface area contributed by atoms with Crippen LogP contribution in [0.25, 0.3) is 0 Å². The molecule has 2 amide bonds. The van der Waals surface area contributed by atoms with Crippen LogP contribution in [-0.4, -0.2) is 265 Å². The van der Waals surface area contributed by atoms with Crippen molar-refractivity contribution in [3.8, 4) is 0 Å². The van der Waals surface area contributed by atoms with Crippen molar-refractivity contribution in [2.24, 2.45) is 0 Å². The molecule has 27 heteroatoms. The Morgan fingerprint density at radius 1 is 0.478 bits per heavy atom. The molecule has 15 N–H and O–H groups in total. The van der Waals surface area contributed by atoms with Gasteiger partial charge in [-0.15, -0.1) is 0 Å². The fraction of sp³-hybridized carbons (Fsp3) is 0.952. The number of carbonyl (C=O) groups excluding carboxylic acids is 2. The molecule has 5 fully saturated rings. The number of amides is 2. The van der Waals surface area contributed by atoms with Gasteiger partial charge in [-0.3, -0.25) is 9.59 Å². The summed E-state index contributed by atoms with van der Waals surface area (Å²) in [5.41, 5.74) is 0. The molecule has 27 nitrogen and oxygen atoms in total. The Morgan fingerprint density at radius 2 is 0.899 bits per heavy atom. The summed E-state index contributed by atoms with van der Waals surface area (Å²) in [6, 6.07) is -3.00. The van der Waals surface area contributed by atoms with E-state index in [1.807, 2.05) is 0 Å². The second kappa shape index (κ2) is 27.3. The van der Waals surface area contributed by atoms with E-state index in [4.69, 9.17) is 47.4 Å². The van der Waals surface area contributed by atoms with Gasteiger partial charge in [-0.25, -0.2) is 0 Å². The lowest BCUT2D eigenvalue weighted by Crippen LogP contribution is -2.68. The molecular weight excluding hydrogens is 932 g/mol. The highest BCUT2D eigenvalue weighted by Gasteiger charge is 2.55. The summed E-state index contributed by atoms with van der Waals surface area (Å²) in [4.78, 5) is 24.3. The van der Waals surface area contributed by atoms with Crippen LogP contribution < -0.4 is 10.6 Å². The molecule has 69 heavy (non-hydrogen) atoms. The van der Waals surface area contributed by atoms with Gasteiger partial charge in [0.15, 0.2) is 31.5 Å². The molecule has 5 heterocycles. The number of hydrogen-bond donors (Lipinski definition) is 15. The van der Waals surface area contributed by atoms with Crippen molar-refractivity contribution in [1.29, 1.82) is 0 Å². The monoisotopic (exact) mass is 1010 g/mol. The third-order valence-corrected chi connectivity index (χ3v) is 12.7. The van der Waals surface area contributed by atoms with Gasteiger partial charge in [-0.05, 0) is 6.42 Å². The van der Waals surface area contributed by atoms with E-state index in [0.717, 1.165) is 46.0 Å².